The van der Waals surface area contributed by atoms with Gasteiger partial charge in [0.05, 0.1) is 12.2 Å². The van der Waals surface area contributed by atoms with Crippen LogP contribution in [0, 0.1) is 46.9 Å². The molecule has 4 aromatic rings. The first-order valence-corrected chi connectivity index (χ1v) is 18.6. The second kappa shape index (κ2) is 16.5. The lowest BCUT2D eigenvalue weighted by molar-refractivity contribution is -0.0907. The molecule has 0 bridgehead atoms. The molecule has 49 heavy (non-hydrogen) atoms. The van der Waals surface area contributed by atoms with Gasteiger partial charge in [0.25, 0.3) is 0 Å². The average molecular weight is 671 g/mol. The van der Waals surface area contributed by atoms with Gasteiger partial charge < -0.3 is 4.74 Å². The van der Waals surface area contributed by atoms with Gasteiger partial charge in [0.2, 0.25) is 0 Å². The van der Waals surface area contributed by atoms with Gasteiger partial charge in [-0.15, -0.1) is 0 Å². The van der Waals surface area contributed by atoms with E-state index in [4.69, 9.17) is 4.74 Å². The highest BCUT2D eigenvalue weighted by Gasteiger charge is 2.35. The molecule has 260 valence electrons. The van der Waals surface area contributed by atoms with Crippen LogP contribution in [-0.2, 0) is 4.74 Å². The van der Waals surface area contributed by atoms with Gasteiger partial charge in [-0.05, 0) is 107 Å². The van der Waals surface area contributed by atoms with Crippen LogP contribution in [0.5, 0.6) is 0 Å². The van der Waals surface area contributed by atoms with Gasteiger partial charge in [0.1, 0.15) is 0 Å². The number of rotatable bonds is 12. The fraction of sp³-hybridized carbons (Fsp3) is 0.455. The summed E-state index contributed by atoms with van der Waals surface area (Å²) in [6.45, 7) is 4.54. The summed E-state index contributed by atoms with van der Waals surface area (Å²) >= 11 is 0. The Morgan fingerprint density at radius 2 is 0.816 bits per heavy atom. The van der Waals surface area contributed by atoms with E-state index < -0.39 is 23.3 Å². The molecule has 0 radical (unpaired) electrons. The maximum Gasteiger partial charge on any atom is 0.159 e. The smallest absolute Gasteiger partial charge is 0.159 e. The minimum absolute atomic E-state index is 0.106. The van der Waals surface area contributed by atoms with Crippen LogP contribution in [-0.4, -0.2) is 0 Å². The minimum atomic E-state index is -0.848. The highest BCUT2D eigenvalue weighted by atomic mass is 19.2. The molecule has 0 spiro atoms. The SMILES string of the molecule is CCCC1CCC(C(OC(c2ccc(-c3ccc(F)c(F)c3)cc2)C2CCC(CCC)CC2)c2ccc(-c3ccc(F)c(F)c3)cc2)CC1. The standard InChI is InChI=1S/C44H50F4O/c1-3-5-29-7-11-33(12-8-29)43(35-19-15-31(16-20-35)37-23-25-39(45)41(47)27-37)49-44(34-13-9-30(6-4-2)10-14-34)36-21-17-32(18-22-36)38-24-26-40(46)42(48)28-38/h15-30,33-34,43-44H,3-14H2,1-2H3. The van der Waals surface area contributed by atoms with Crippen molar-refractivity contribution in [2.45, 2.75) is 103 Å². The summed E-state index contributed by atoms with van der Waals surface area (Å²) in [5.74, 6) is -1.10. The molecule has 2 fully saturated rings. The number of ether oxygens (including phenoxy) is 1. The fourth-order valence-electron chi connectivity index (χ4n) is 8.54. The summed E-state index contributed by atoms with van der Waals surface area (Å²) in [5.41, 5.74) is 5.21. The summed E-state index contributed by atoms with van der Waals surface area (Å²) in [4.78, 5) is 0. The number of hydrogen-bond acceptors (Lipinski definition) is 1. The molecule has 2 aliphatic rings. The van der Waals surface area contributed by atoms with Crippen molar-refractivity contribution in [2.24, 2.45) is 23.7 Å². The Morgan fingerprint density at radius 1 is 0.469 bits per heavy atom. The topological polar surface area (TPSA) is 9.23 Å². The zero-order valence-electron chi connectivity index (χ0n) is 29.0. The third kappa shape index (κ3) is 8.66. The van der Waals surface area contributed by atoms with E-state index in [9.17, 15) is 17.6 Å². The molecule has 2 aliphatic carbocycles. The lowest BCUT2D eigenvalue weighted by Crippen LogP contribution is -2.28. The molecule has 0 heterocycles. The Bertz CT molecular complexity index is 1510. The summed E-state index contributed by atoms with van der Waals surface area (Å²) in [5, 5.41) is 0. The second-order valence-corrected chi connectivity index (χ2v) is 14.6. The van der Waals surface area contributed by atoms with Crippen molar-refractivity contribution in [1.82, 2.24) is 0 Å². The van der Waals surface area contributed by atoms with Crippen LogP contribution in [0.1, 0.15) is 114 Å². The molecule has 5 heteroatoms. The molecule has 4 aromatic carbocycles. The number of hydrogen-bond donors (Lipinski definition) is 0. The summed E-state index contributed by atoms with van der Waals surface area (Å²) in [6.07, 6.45) is 14.1. The third-order valence-corrected chi connectivity index (χ3v) is 11.3. The summed E-state index contributed by atoms with van der Waals surface area (Å²) in [7, 11) is 0. The number of halogens is 4. The van der Waals surface area contributed by atoms with Gasteiger partial charge in [-0.1, -0.05) is 126 Å². The van der Waals surface area contributed by atoms with Crippen molar-refractivity contribution in [2.75, 3.05) is 0 Å². The maximum absolute atomic E-state index is 14.1. The van der Waals surface area contributed by atoms with Crippen molar-refractivity contribution in [3.05, 3.63) is 119 Å². The van der Waals surface area contributed by atoms with Crippen LogP contribution < -0.4 is 0 Å². The van der Waals surface area contributed by atoms with E-state index in [0.29, 0.717) is 23.0 Å². The van der Waals surface area contributed by atoms with E-state index in [1.54, 1.807) is 12.1 Å². The minimum Gasteiger partial charge on any atom is -0.365 e. The zero-order chi connectivity index (χ0) is 34.3. The van der Waals surface area contributed by atoms with Crippen molar-refractivity contribution in [3.63, 3.8) is 0 Å². The van der Waals surface area contributed by atoms with E-state index in [0.717, 1.165) is 59.8 Å². The van der Waals surface area contributed by atoms with Gasteiger partial charge >= 0.3 is 0 Å². The van der Waals surface area contributed by atoms with Crippen LogP contribution in [0.15, 0.2) is 84.9 Å². The quantitative estimate of drug-likeness (QED) is 0.136. The van der Waals surface area contributed by atoms with Crippen molar-refractivity contribution < 1.29 is 22.3 Å². The average Bonchev–Trinajstić information content (AvgIpc) is 3.13. The maximum atomic E-state index is 14.1. The Balaban J connectivity index is 1.32. The van der Waals surface area contributed by atoms with E-state index in [1.165, 1.54) is 75.6 Å². The molecule has 0 N–H and O–H groups in total. The molecule has 0 amide bonds. The van der Waals surface area contributed by atoms with Crippen LogP contribution in [0.25, 0.3) is 22.3 Å². The lowest BCUT2D eigenvalue weighted by atomic mass is 9.75. The van der Waals surface area contributed by atoms with Crippen LogP contribution >= 0.6 is 0 Å². The van der Waals surface area contributed by atoms with Crippen LogP contribution in [0.2, 0.25) is 0 Å². The Hall–Kier alpha value is -3.44. The highest BCUT2D eigenvalue weighted by Crippen LogP contribution is 2.47. The molecular weight excluding hydrogens is 620 g/mol. The van der Waals surface area contributed by atoms with Crippen molar-refractivity contribution in [3.8, 4) is 22.3 Å². The monoisotopic (exact) mass is 670 g/mol. The normalized spacial score (nSPS) is 22.5. The predicted molar refractivity (Wildman–Crippen MR) is 191 cm³/mol. The van der Waals surface area contributed by atoms with E-state index in [1.807, 2.05) is 24.3 Å². The molecule has 0 aliphatic heterocycles. The summed E-state index contributed by atoms with van der Waals surface area (Å²) in [6, 6.07) is 24.6. The largest absolute Gasteiger partial charge is 0.365 e. The Labute approximate surface area is 290 Å². The van der Waals surface area contributed by atoms with Gasteiger partial charge in [-0.2, -0.15) is 0 Å². The Kier molecular flexibility index (Phi) is 11.9. The van der Waals surface area contributed by atoms with Crippen LogP contribution in [0.4, 0.5) is 17.6 Å². The number of benzene rings is 4. The molecule has 6 rings (SSSR count). The highest BCUT2D eigenvalue weighted by molar-refractivity contribution is 5.64. The molecule has 0 aromatic heterocycles. The zero-order valence-corrected chi connectivity index (χ0v) is 29.0. The van der Waals surface area contributed by atoms with Gasteiger partial charge in [0.15, 0.2) is 23.3 Å². The third-order valence-electron chi connectivity index (χ3n) is 11.3. The van der Waals surface area contributed by atoms with Crippen molar-refractivity contribution in [1.29, 1.82) is 0 Å². The van der Waals surface area contributed by atoms with Crippen LogP contribution in [0.3, 0.4) is 0 Å². The van der Waals surface area contributed by atoms with E-state index in [-0.39, 0.29) is 12.2 Å². The lowest BCUT2D eigenvalue weighted by Gasteiger charge is -2.40. The fourth-order valence-corrected chi connectivity index (χ4v) is 8.54. The predicted octanol–water partition coefficient (Wildman–Crippen LogP) is 13.6. The Morgan fingerprint density at radius 3 is 1.14 bits per heavy atom. The molecule has 2 saturated carbocycles. The first-order chi connectivity index (χ1) is 23.8. The second-order valence-electron chi connectivity index (χ2n) is 14.6. The molecule has 2 atom stereocenters. The van der Waals surface area contributed by atoms with E-state index >= 15 is 0 Å². The molecular formula is C44H50F4O. The molecule has 0 saturated heterocycles. The van der Waals surface area contributed by atoms with E-state index in [2.05, 4.69) is 38.1 Å². The summed E-state index contributed by atoms with van der Waals surface area (Å²) < 4.78 is 62.9. The van der Waals surface area contributed by atoms with Gasteiger partial charge in [-0.3, -0.25) is 0 Å². The van der Waals surface area contributed by atoms with Gasteiger partial charge in [0, 0.05) is 0 Å². The molecule has 2 unspecified atom stereocenters. The first-order valence-electron chi connectivity index (χ1n) is 18.6. The van der Waals surface area contributed by atoms with Crippen molar-refractivity contribution >= 4 is 0 Å². The molecule has 1 nitrogen and oxygen atoms in total. The first kappa shape index (κ1) is 35.4. The van der Waals surface area contributed by atoms with Gasteiger partial charge in [-0.25, -0.2) is 17.6 Å².